The number of carbonyl (C=O) groups is 1. The first-order valence-electron chi connectivity index (χ1n) is 5.47. The standard InChI is InChI=1S/C13H18O4/c1-5-10(13(14)17-4)9-6-7-11(15-2)12(8-9)16-3/h6-8,10H,5H2,1-4H3. The lowest BCUT2D eigenvalue weighted by molar-refractivity contribution is -0.142. The molecular formula is C13H18O4. The first kappa shape index (κ1) is 13.4. The molecule has 1 unspecified atom stereocenters. The van der Waals surface area contributed by atoms with Crippen LogP contribution in [0.25, 0.3) is 0 Å². The summed E-state index contributed by atoms with van der Waals surface area (Å²) in [5.74, 6) is 0.767. The second-order valence-electron chi connectivity index (χ2n) is 3.60. The van der Waals surface area contributed by atoms with Gasteiger partial charge in [-0.3, -0.25) is 4.79 Å². The third kappa shape index (κ3) is 2.90. The second kappa shape index (κ2) is 6.13. The molecule has 0 saturated carbocycles. The summed E-state index contributed by atoms with van der Waals surface area (Å²) >= 11 is 0. The zero-order valence-electron chi connectivity index (χ0n) is 10.6. The Hall–Kier alpha value is -1.71. The van der Waals surface area contributed by atoms with Crippen LogP contribution in [0.2, 0.25) is 0 Å². The van der Waals surface area contributed by atoms with Gasteiger partial charge in [-0.05, 0) is 24.1 Å². The largest absolute Gasteiger partial charge is 0.493 e. The smallest absolute Gasteiger partial charge is 0.313 e. The van der Waals surface area contributed by atoms with E-state index in [0.717, 1.165) is 5.56 Å². The average Bonchev–Trinajstić information content (AvgIpc) is 2.38. The number of esters is 1. The van der Waals surface area contributed by atoms with Crippen molar-refractivity contribution in [2.24, 2.45) is 0 Å². The minimum atomic E-state index is -0.264. The van der Waals surface area contributed by atoms with Gasteiger partial charge in [0.05, 0.1) is 27.2 Å². The van der Waals surface area contributed by atoms with Gasteiger partial charge >= 0.3 is 5.97 Å². The Balaban J connectivity index is 3.09. The van der Waals surface area contributed by atoms with Crippen molar-refractivity contribution < 1.29 is 19.0 Å². The SMILES string of the molecule is CCC(C(=O)OC)c1ccc(OC)c(OC)c1. The summed E-state index contributed by atoms with van der Waals surface area (Å²) in [7, 11) is 4.54. The third-order valence-electron chi connectivity index (χ3n) is 2.70. The highest BCUT2D eigenvalue weighted by molar-refractivity contribution is 5.78. The summed E-state index contributed by atoms with van der Waals surface area (Å²) in [6.45, 7) is 1.94. The van der Waals surface area contributed by atoms with Crippen LogP contribution in [0.1, 0.15) is 24.8 Å². The monoisotopic (exact) mass is 238 g/mol. The van der Waals surface area contributed by atoms with Crippen molar-refractivity contribution in [2.45, 2.75) is 19.3 Å². The number of benzene rings is 1. The molecule has 0 spiro atoms. The highest BCUT2D eigenvalue weighted by Crippen LogP contribution is 2.32. The molecule has 0 aliphatic rings. The summed E-state index contributed by atoms with van der Waals surface area (Å²) < 4.78 is 15.1. The fourth-order valence-electron chi connectivity index (χ4n) is 1.75. The molecule has 0 bridgehead atoms. The lowest BCUT2D eigenvalue weighted by Gasteiger charge is -2.15. The lowest BCUT2D eigenvalue weighted by atomic mass is 9.96. The van der Waals surface area contributed by atoms with Gasteiger partial charge in [-0.15, -0.1) is 0 Å². The molecule has 0 N–H and O–H groups in total. The molecule has 4 heteroatoms. The van der Waals surface area contributed by atoms with Crippen LogP contribution < -0.4 is 9.47 Å². The van der Waals surface area contributed by atoms with Crippen molar-refractivity contribution >= 4 is 5.97 Å². The molecule has 0 aromatic heterocycles. The Morgan fingerprint density at radius 2 is 1.82 bits per heavy atom. The molecule has 0 amide bonds. The van der Waals surface area contributed by atoms with E-state index in [1.165, 1.54) is 7.11 Å². The summed E-state index contributed by atoms with van der Waals surface area (Å²) in [5, 5.41) is 0. The maximum Gasteiger partial charge on any atom is 0.313 e. The van der Waals surface area contributed by atoms with Crippen LogP contribution in [-0.4, -0.2) is 27.3 Å². The normalized spacial score (nSPS) is 11.8. The Morgan fingerprint density at radius 1 is 1.18 bits per heavy atom. The Labute approximate surface area is 101 Å². The average molecular weight is 238 g/mol. The topological polar surface area (TPSA) is 44.8 Å². The van der Waals surface area contributed by atoms with Crippen LogP contribution in [-0.2, 0) is 9.53 Å². The van der Waals surface area contributed by atoms with E-state index in [0.29, 0.717) is 17.9 Å². The molecule has 0 saturated heterocycles. The van der Waals surface area contributed by atoms with Gasteiger partial charge in [-0.1, -0.05) is 13.0 Å². The molecule has 94 valence electrons. The fraction of sp³-hybridized carbons (Fsp3) is 0.462. The van der Waals surface area contributed by atoms with E-state index in [4.69, 9.17) is 14.2 Å². The number of hydrogen-bond donors (Lipinski definition) is 0. The van der Waals surface area contributed by atoms with Gasteiger partial charge in [-0.25, -0.2) is 0 Å². The predicted octanol–water partition coefficient (Wildman–Crippen LogP) is 2.37. The van der Waals surface area contributed by atoms with E-state index in [9.17, 15) is 4.79 Å². The van der Waals surface area contributed by atoms with Crippen LogP contribution in [0, 0.1) is 0 Å². The molecule has 1 aromatic rings. The summed E-state index contributed by atoms with van der Waals surface area (Å²) in [5.41, 5.74) is 0.872. The molecule has 0 fully saturated rings. The van der Waals surface area contributed by atoms with Crippen molar-refractivity contribution in [1.82, 2.24) is 0 Å². The molecule has 17 heavy (non-hydrogen) atoms. The van der Waals surface area contributed by atoms with Gasteiger partial charge in [0, 0.05) is 0 Å². The number of methoxy groups -OCH3 is 3. The van der Waals surface area contributed by atoms with Crippen molar-refractivity contribution in [3.05, 3.63) is 23.8 Å². The van der Waals surface area contributed by atoms with Crippen molar-refractivity contribution in [3.8, 4) is 11.5 Å². The second-order valence-corrected chi connectivity index (χ2v) is 3.60. The van der Waals surface area contributed by atoms with Gasteiger partial charge in [-0.2, -0.15) is 0 Å². The van der Waals surface area contributed by atoms with Crippen molar-refractivity contribution in [2.75, 3.05) is 21.3 Å². The van der Waals surface area contributed by atoms with E-state index in [1.54, 1.807) is 20.3 Å². The molecule has 0 radical (unpaired) electrons. The molecule has 0 aliphatic heterocycles. The fourth-order valence-corrected chi connectivity index (χ4v) is 1.75. The minimum Gasteiger partial charge on any atom is -0.493 e. The van der Waals surface area contributed by atoms with Gasteiger partial charge in [0.2, 0.25) is 0 Å². The van der Waals surface area contributed by atoms with E-state index < -0.39 is 0 Å². The summed E-state index contributed by atoms with van der Waals surface area (Å²) in [4.78, 5) is 11.6. The lowest BCUT2D eigenvalue weighted by Crippen LogP contribution is -2.13. The van der Waals surface area contributed by atoms with Crippen LogP contribution >= 0.6 is 0 Å². The van der Waals surface area contributed by atoms with Crippen LogP contribution in [0.5, 0.6) is 11.5 Å². The molecule has 4 nitrogen and oxygen atoms in total. The Morgan fingerprint density at radius 3 is 2.29 bits per heavy atom. The highest BCUT2D eigenvalue weighted by Gasteiger charge is 2.20. The van der Waals surface area contributed by atoms with E-state index in [-0.39, 0.29) is 11.9 Å². The van der Waals surface area contributed by atoms with Gasteiger partial charge in [0.15, 0.2) is 11.5 Å². The number of ether oxygens (including phenoxy) is 3. The Kier molecular flexibility index (Phi) is 4.82. The van der Waals surface area contributed by atoms with E-state index >= 15 is 0 Å². The zero-order chi connectivity index (χ0) is 12.8. The highest BCUT2D eigenvalue weighted by atomic mass is 16.5. The maximum atomic E-state index is 11.6. The van der Waals surface area contributed by atoms with Crippen molar-refractivity contribution in [3.63, 3.8) is 0 Å². The first-order valence-corrected chi connectivity index (χ1v) is 5.47. The summed E-state index contributed by atoms with van der Waals surface area (Å²) in [6, 6.07) is 5.45. The maximum absolute atomic E-state index is 11.6. The van der Waals surface area contributed by atoms with E-state index in [2.05, 4.69) is 0 Å². The molecule has 1 rings (SSSR count). The van der Waals surface area contributed by atoms with Crippen LogP contribution in [0.15, 0.2) is 18.2 Å². The quantitative estimate of drug-likeness (QED) is 0.739. The van der Waals surface area contributed by atoms with Gasteiger partial charge in [0.25, 0.3) is 0 Å². The number of carbonyl (C=O) groups excluding carboxylic acids is 1. The molecule has 0 aliphatic carbocycles. The number of rotatable bonds is 5. The Bertz CT molecular complexity index is 387. The van der Waals surface area contributed by atoms with Crippen molar-refractivity contribution in [1.29, 1.82) is 0 Å². The minimum absolute atomic E-state index is 0.236. The van der Waals surface area contributed by atoms with Crippen LogP contribution in [0.4, 0.5) is 0 Å². The third-order valence-corrected chi connectivity index (χ3v) is 2.70. The van der Waals surface area contributed by atoms with E-state index in [1.807, 2.05) is 19.1 Å². The zero-order valence-corrected chi connectivity index (χ0v) is 10.6. The molecule has 0 heterocycles. The molecule has 1 atom stereocenters. The van der Waals surface area contributed by atoms with Crippen LogP contribution in [0.3, 0.4) is 0 Å². The molecular weight excluding hydrogens is 220 g/mol. The first-order chi connectivity index (χ1) is 8.17. The van der Waals surface area contributed by atoms with Gasteiger partial charge < -0.3 is 14.2 Å². The number of hydrogen-bond acceptors (Lipinski definition) is 4. The molecule has 1 aromatic carbocycles. The predicted molar refractivity (Wildman–Crippen MR) is 64.6 cm³/mol. The summed E-state index contributed by atoms with van der Waals surface area (Å²) in [6.07, 6.45) is 0.683. The van der Waals surface area contributed by atoms with Gasteiger partial charge in [0.1, 0.15) is 0 Å².